The van der Waals surface area contributed by atoms with Crippen molar-refractivity contribution in [1.29, 1.82) is 0 Å². The average molecular weight is 436 g/mol. The summed E-state index contributed by atoms with van der Waals surface area (Å²) in [5.74, 6) is 1.73. The zero-order valence-electron chi connectivity index (χ0n) is 18.6. The molecule has 0 bridgehead atoms. The number of nitrogens with one attached hydrogen (secondary N) is 1. The third kappa shape index (κ3) is 4.34. The first kappa shape index (κ1) is 20.9. The topological polar surface area (TPSA) is 44.3 Å². The molecule has 31 heavy (non-hydrogen) atoms. The molecule has 0 aliphatic carbocycles. The lowest BCUT2D eigenvalue weighted by Gasteiger charge is -2.26. The molecular formula is C25H33N5S. The quantitative estimate of drug-likeness (QED) is 0.548. The van der Waals surface area contributed by atoms with Crippen LogP contribution in [0.1, 0.15) is 42.9 Å². The van der Waals surface area contributed by atoms with E-state index in [0.29, 0.717) is 12.0 Å². The van der Waals surface area contributed by atoms with Gasteiger partial charge in [-0.15, -0.1) is 11.3 Å². The van der Waals surface area contributed by atoms with Crippen molar-refractivity contribution in [2.24, 2.45) is 5.92 Å². The third-order valence-corrected chi connectivity index (χ3v) is 8.14. The van der Waals surface area contributed by atoms with Crippen LogP contribution in [-0.4, -0.2) is 54.1 Å². The maximum Gasteiger partial charge on any atom is 0.141 e. The molecule has 5 rings (SSSR count). The molecule has 3 unspecified atom stereocenters. The number of fused-ring (bicyclic) bond motifs is 1. The number of benzene rings is 1. The Morgan fingerprint density at radius 3 is 2.87 bits per heavy atom. The minimum absolute atomic E-state index is 0.367. The van der Waals surface area contributed by atoms with E-state index < -0.39 is 0 Å². The number of hydrogen-bond donors (Lipinski definition) is 1. The molecule has 2 fully saturated rings. The number of aryl methyl sites for hydroxylation is 1. The number of aromatic nitrogens is 2. The summed E-state index contributed by atoms with van der Waals surface area (Å²) in [4.78, 5) is 15.5. The minimum Gasteiger partial charge on any atom is -0.349 e. The Morgan fingerprint density at radius 1 is 1.19 bits per heavy atom. The molecule has 3 aromatic rings. The molecule has 0 saturated carbocycles. The number of nitrogens with zero attached hydrogens (tertiary/aromatic N) is 4. The van der Waals surface area contributed by atoms with Gasteiger partial charge in [-0.25, -0.2) is 9.97 Å². The standard InChI is InChI=1S/C25H33N5S/c1-18-16-31-25-23(18)24(27-17-28-25)30-15-19(13-22(30)20-7-4-3-5-8-20)14-26-11-10-21-9-6-12-29(21)2/h3-5,7-8,16-17,19,21-22,26H,6,9-15H2,1-2H3. The number of anilines is 1. The summed E-state index contributed by atoms with van der Waals surface area (Å²) in [6.07, 6.45) is 6.87. The fourth-order valence-electron chi connectivity index (χ4n) is 5.43. The van der Waals surface area contributed by atoms with E-state index in [4.69, 9.17) is 4.98 Å². The minimum atomic E-state index is 0.367. The van der Waals surface area contributed by atoms with Crippen LogP contribution in [-0.2, 0) is 0 Å². The molecule has 6 heteroatoms. The summed E-state index contributed by atoms with van der Waals surface area (Å²) in [6.45, 7) is 6.67. The molecule has 0 radical (unpaired) electrons. The Balaban J connectivity index is 1.32. The predicted octanol–water partition coefficient (Wildman–Crippen LogP) is 4.64. The molecular weight excluding hydrogens is 402 g/mol. The van der Waals surface area contributed by atoms with Gasteiger partial charge in [0, 0.05) is 12.6 Å². The van der Waals surface area contributed by atoms with Crippen molar-refractivity contribution in [2.75, 3.05) is 38.1 Å². The van der Waals surface area contributed by atoms with Crippen LogP contribution in [0.5, 0.6) is 0 Å². The summed E-state index contributed by atoms with van der Waals surface area (Å²) >= 11 is 1.72. The molecule has 0 spiro atoms. The van der Waals surface area contributed by atoms with Crippen molar-refractivity contribution >= 4 is 27.4 Å². The second-order valence-corrected chi connectivity index (χ2v) is 10.1. The van der Waals surface area contributed by atoms with Gasteiger partial charge >= 0.3 is 0 Å². The van der Waals surface area contributed by atoms with E-state index in [9.17, 15) is 0 Å². The Kier molecular flexibility index (Phi) is 6.21. The summed E-state index contributed by atoms with van der Waals surface area (Å²) < 4.78 is 0. The fourth-order valence-corrected chi connectivity index (χ4v) is 6.32. The van der Waals surface area contributed by atoms with Crippen LogP contribution in [0.15, 0.2) is 42.0 Å². The van der Waals surface area contributed by atoms with E-state index >= 15 is 0 Å². The molecule has 2 aliphatic heterocycles. The number of likely N-dealkylation sites (tertiary alicyclic amines) is 1. The number of hydrogen-bond acceptors (Lipinski definition) is 6. The SMILES string of the molecule is Cc1csc2ncnc(N3CC(CNCCC4CCCN4C)CC3c3ccccc3)c12. The highest BCUT2D eigenvalue weighted by Crippen LogP contribution is 2.41. The Hall–Kier alpha value is -2.02. The zero-order chi connectivity index (χ0) is 21.2. The molecule has 1 N–H and O–H groups in total. The molecule has 1 aromatic carbocycles. The lowest BCUT2D eigenvalue weighted by molar-refractivity contribution is 0.292. The van der Waals surface area contributed by atoms with Crippen LogP contribution in [0.4, 0.5) is 5.82 Å². The molecule has 164 valence electrons. The maximum absolute atomic E-state index is 4.78. The molecule has 2 aliphatic rings. The van der Waals surface area contributed by atoms with E-state index in [-0.39, 0.29) is 0 Å². The summed E-state index contributed by atoms with van der Waals surface area (Å²) in [6, 6.07) is 12.1. The Morgan fingerprint density at radius 2 is 2.06 bits per heavy atom. The van der Waals surface area contributed by atoms with Crippen molar-refractivity contribution in [1.82, 2.24) is 20.2 Å². The van der Waals surface area contributed by atoms with E-state index in [0.717, 1.165) is 42.7 Å². The first-order chi connectivity index (χ1) is 15.2. The number of rotatable bonds is 7. The van der Waals surface area contributed by atoms with Crippen molar-refractivity contribution in [3.8, 4) is 0 Å². The van der Waals surface area contributed by atoms with Crippen LogP contribution < -0.4 is 10.2 Å². The van der Waals surface area contributed by atoms with Gasteiger partial charge in [0.2, 0.25) is 0 Å². The van der Waals surface area contributed by atoms with Gasteiger partial charge in [-0.1, -0.05) is 30.3 Å². The van der Waals surface area contributed by atoms with Gasteiger partial charge in [0.25, 0.3) is 0 Å². The lowest BCUT2D eigenvalue weighted by Crippen LogP contribution is -2.32. The molecule has 5 nitrogen and oxygen atoms in total. The average Bonchev–Trinajstić information content (AvgIpc) is 3.51. The van der Waals surface area contributed by atoms with Gasteiger partial charge in [0.05, 0.1) is 11.4 Å². The van der Waals surface area contributed by atoms with E-state index in [1.54, 1.807) is 17.7 Å². The Bertz CT molecular complexity index is 1000. The third-order valence-electron chi connectivity index (χ3n) is 7.14. The molecule has 4 heterocycles. The Labute approximate surface area is 189 Å². The van der Waals surface area contributed by atoms with Crippen molar-refractivity contribution in [2.45, 2.75) is 44.7 Å². The van der Waals surface area contributed by atoms with E-state index in [1.807, 2.05) is 0 Å². The smallest absolute Gasteiger partial charge is 0.141 e. The highest BCUT2D eigenvalue weighted by Gasteiger charge is 2.35. The molecule has 2 aromatic heterocycles. The van der Waals surface area contributed by atoms with Crippen molar-refractivity contribution in [3.63, 3.8) is 0 Å². The molecule has 0 amide bonds. The van der Waals surface area contributed by atoms with Crippen LogP contribution in [0.2, 0.25) is 0 Å². The van der Waals surface area contributed by atoms with Gasteiger partial charge in [0.1, 0.15) is 17.0 Å². The van der Waals surface area contributed by atoms with Crippen molar-refractivity contribution < 1.29 is 0 Å². The highest BCUT2D eigenvalue weighted by molar-refractivity contribution is 7.17. The lowest BCUT2D eigenvalue weighted by atomic mass is 9.99. The van der Waals surface area contributed by atoms with Gasteiger partial charge < -0.3 is 15.1 Å². The predicted molar refractivity (Wildman–Crippen MR) is 130 cm³/mol. The van der Waals surface area contributed by atoms with Crippen LogP contribution in [0.25, 0.3) is 10.2 Å². The van der Waals surface area contributed by atoms with Crippen LogP contribution in [0.3, 0.4) is 0 Å². The normalized spacial score (nSPS) is 24.5. The van der Waals surface area contributed by atoms with Gasteiger partial charge in [-0.05, 0) is 81.7 Å². The zero-order valence-corrected chi connectivity index (χ0v) is 19.4. The van der Waals surface area contributed by atoms with Crippen LogP contribution >= 0.6 is 11.3 Å². The van der Waals surface area contributed by atoms with E-state index in [1.165, 1.54) is 42.3 Å². The first-order valence-electron chi connectivity index (χ1n) is 11.6. The summed E-state index contributed by atoms with van der Waals surface area (Å²) in [7, 11) is 2.27. The van der Waals surface area contributed by atoms with E-state index in [2.05, 4.69) is 69.8 Å². The van der Waals surface area contributed by atoms with Crippen molar-refractivity contribution in [3.05, 3.63) is 53.2 Å². The first-order valence-corrected chi connectivity index (χ1v) is 12.5. The second-order valence-electron chi connectivity index (χ2n) is 9.25. The monoisotopic (exact) mass is 435 g/mol. The van der Waals surface area contributed by atoms with Gasteiger partial charge in [0.15, 0.2) is 0 Å². The van der Waals surface area contributed by atoms with Gasteiger partial charge in [-0.3, -0.25) is 0 Å². The molecule has 2 saturated heterocycles. The number of thiophene rings is 1. The maximum atomic E-state index is 4.78. The summed E-state index contributed by atoms with van der Waals surface area (Å²) in [5.41, 5.74) is 2.67. The fraction of sp³-hybridized carbons (Fsp3) is 0.520. The highest BCUT2D eigenvalue weighted by atomic mass is 32.1. The van der Waals surface area contributed by atoms with Crippen LogP contribution in [0, 0.1) is 12.8 Å². The summed E-state index contributed by atoms with van der Waals surface area (Å²) in [5, 5.41) is 7.21. The largest absolute Gasteiger partial charge is 0.349 e. The van der Waals surface area contributed by atoms with Gasteiger partial charge in [-0.2, -0.15) is 0 Å². The molecule has 3 atom stereocenters. The second kappa shape index (κ2) is 9.23.